The molecule has 6 atom stereocenters. The predicted molar refractivity (Wildman–Crippen MR) is 259 cm³/mol. The van der Waals surface area contributed by atoms with Gasteiger partial charge >= 0.3 is 6.09 Å². The number of phenols is 2. The standard InChI is InChI=1S/C49H63N9O10/c1-27-22-34-40(52-16-17-57-18-20-58(21-19-57)47(64)32-13-10-31(11-14-32)12-15-33-26-53-44-39(33)46(63)56-48(50)55-44)36(59)25-35(42(34)61)54-45(62)28(2)8-7-9-37(66-5)43(68-49(51)65)30(4)24-29(3)41(60)38(23-27)67-6/h7-11,13-14,16,24-27,29,37-38,41,43,59-61H,12,15,17-23H2,1-6H3,(H2,51,65)(H,54,62)(H4,50,53,55,56,63)/b9-7?,28-8-,30-24?,52-16?. The number of anilines is 2. The highest BCUT2D eigenvalue weighted by Crippen LogP contribution is 2.44. The fraction of sp³-hybridized carbons (Fsp3) is 0.429. The highest BCUT2D eigenvalue weighted by molar-refractivity contribution is 6.05. The molecule has 2 aliphatic heterocycles. The predicted octanol–water partition coefficient (Wildman–Crippen LogP) is 4.65. The summed E-state index contributed by atoms with van der Waals surface area (Å²) in [4.78, 5) is 69.6. The minimum Gasteiger partial charge on any atom is -0.506 e. The molecule has 0 radical (unpaired) electrons. The van der Waals surface area contributed by atoms with Gasteiger partial charge in [0.05, 0.1) is 23.3 Å². The number of hydrogen-bond donors (Lipinski definition) is 8. The van der Waals surface area contributed by atoms with E-state index >= 15 is 0 Å². The summed E-state index contributed by atoms with van der Waals surface area (Å²) < 4.78 is 16.9. The Bertz CT molecular complexity index is 2630. The third-order valence-electron chi connectivity index (χ3n) is 12.5. The van der Waals surface area contributed by atoms with Gasteiger partial charge in [-0.15, -0.1) is 0 Å². The molecule has 364 valence electrons. The number of amides is 3. The molecule has 3 amide bonds. The lowest BCUT2D eigenvalue weighted by Crippen LogP contribution is -2.49. The highest BCUT2D eigenvalue weighted by atomic mass is 16.6. The number of carbonyl (C=O) groups is 3. The number of nitrogens with two attached hydrogens (primary N) is 2. The smallest absolute Gasteiger partial charge is 0.405 e. The number of aromatic nitrogens is 3. The number of ether oxygens (including phenoxy) is 3. The number of aliphatic imine (C=N–C) groups is 1. The van der Waals surface area contributed by atoms with Crippen LogP contribution in [0.3, 0.4) is 0 Å². The molecule has 1 saturated heterocycles. The largest absolute Gasteiger partial charge is 0.506 e. The van der Waals surface area contributed by atoms with E-state index in [-0.39, 0.29) is 58.2 Å². The third-order valence-corrected chi connectivity index (χ3v) is 12.5. The minimum atomic E-state index is -1.01. The molecule has 4 aromatic rings. The Morgan fingerprint density at radius 3 is 2.43 bits per heavy atom. The van der Waals surface area contributed by atoms with Crippen LogP contribution in [0.2, 0.25) is 0 Å². The van der Waals surface area contributed by atoms with E-state index in [1.165, 1.54) is 26.4 Å². The second kappa shape index (κ2) is 22.8. The topological polar surface area (TPSA) is 284 Å². The van der Waals surface area contributed by atoms with E-state index in [4.69, 9.17) is 25.7 Å². The van der Waals surface area contributed by atoms with E-state index in [1.54, 1.807) is 44.5 Å². The molecule has 0 saturated carbocycles. The minimum absolute atomic E-state index is 0.0208. The third kappa shape index (κ3) is 12.4. The van der Waals surface area contributed by atoms with Crippen molar-refractivity contribution in [3.63, 3.8) is 0 Å². The number of H-pyrrole nitrogens is 2. The molecule has 2 bridgehead atoms. The van der Waals surface area contributed by atoms with Crippen molar-refractivity contribution in [1.82, 2.24) is 24.8 Å². The maximum Gasteiger partial charge on any atom is 0.405 e. The number of aromatic amines is 2. The second-order valence-electron chi connectivity index (χ2n) is 17.5. The molecule has 2 aliphatic rings. The van der Waals surface area contributed by atoms with E-state index in [2.05, 4.69) is 30.2 Å². The molecule has 6 unspecified atom stereocenters. The molecule has 19 heteroatoms. The van der Waals surface area contributed by atoms with Gasteiger partial charge in [-0.25, -0.2) is 4.79 Å². The van der Waals surface area contributed by atoms with Crippen molar-refractivity contribution < 1.29 is 43.9 Å². The zero-order valence-corrected chi connectivity index (χ0v) is 39.3. The average Bonchev–Trinajstić information content (AvgIpc) is 3.73. The lowest BCUT2D eigenvalue weighted by Gasteiger charge is -2.34. The Hall–Kier alpha value is -6.80. The molecule has 10 N–H and O–H groups in total. The summed E-state index contributed by atoms with van der Waals surface area (Å²) in [5.74, 6) is -1.82. The molecule has 19 nitrogen and oxygen atoms in total. The monoisotopic (exact) mass is 937 g/mol. The van der Waals surface area contributed by atoms with Crippen LogP contribution in [0.25, 0.3) is 11.0 Å². The number of aryl methyl sites for hydroxylation is 2. The first kappa shape index (κ1) is 50.6. The van der Waals surface area contributed by atoms with Crippen LogP contribution in [0.5, 0.6) is 11.5 Å². The Labute approximate surface area is 394 Å². The van der Waals surface area contributed by atoms with Gasteiger partial charge in [0, 0.05) is 88.0 Å². The first-order chi connectivity index (χ1) is 32.5. The average molecular weight is 938 g/mol. The summed E-state index contributed by atoms with van der Waals surface area (Å²) in [6, 6.07) is 8.74. The Kier molecular flexibility index (Phi) is 17.0. The van der Waals surface area contributed by atoms with Crippen LogP contribution in [-0.2, 0) is 38.3 Å². The number of primary amides is 1. The van der Waals surface area contributed by atoms with Crippen LogP contribution in [0.4, 0.5) is 22.1 Å². The lowest BCUT2D eigenvalue weighted by molar-refractivity contribution is -0.112. The summed E-state index contributed by atoms with van der Waals surface area (Å²) in [6.45, 7) is 9.57. The number of fused-ring (bicyclic) bond motifs is 3. The quantitative estimate of drug-likeness (QED) is 0.0466. The van der Waals surface area contributed by atoms with E-state index in [0.29, 0.717) is 79.7 Å². The van der Waals surface area contributed by atoms with Gasteiger partial charge in [-0.1, -0.05) is 50.3 Å². The SMILES string of the molecule is COC1C=C/C=C(/C)C(=O)Nc2cc(O)c(N=CCN3CCN(C(=O)c4ccc(CCc5c[nH]c6nc(N)[nH]c(=O)c56)cc4)CC3)c(c2O)CC(C)CC(OC)C(O)C(C)C=C(C)C1OC(N)=O. The number of aliphatic hydroxyl groups excluding tert-OH is 1. The van der Waals surface area contributed by atoms with Crippen molar-refractivity contribution in [2.24, 2.45) is 22.6 Å². The number of piperazine rings is 1. The van der Waals surface area contributed by atoms with Crippen LogP contribution in [-0.4, -0.2) is 136 Å². The second-order valence-corrected chi connectivity index (χ2v) is 17.5. The molecule has 2 aromatic carbocycles. The fourth-order valence-electron chi connectivity index (χ4n) is 8.71. The molecule has 1 fully saturated rings. The van der Waals surface area contributed by atoms with Gasteiger partial charge in [0.1, 0.15) is 28.9 Å². The van der Waals surface area contributed by atoms with Crippen molar-refractivity contribution in [3.05, 3.63) is 105 Å². The van der Waals surface area contributed by atoms with Gasteiger partial charge in [0.15, 0.2) is 6.10 Å². The van der Waals surface area contributed by atoms with E-state index in [0.717, 1.165) is 11.1 Å². The van der Waals surface area contributed by atoms with Crippen molar-refractivity contribution in [2.45, 2.75) is 77.8 Å². The Morgan fingerprint density at radius 1 is 1.03 bits per heavy atom. The molecule has 0 aliphatic carbocycles. The number of hydrogen-bond acceptors (Lipinski definition) is 14. The first-order valence-electron chi connectivity index (χ1n) is 22.6. The highest BCUT2D eigenvalue weighted by Gasteiger charge is 2.31. The summed E-state index contributed by atoms with van der Waals surface area (Å²) in [5, 5.41) is 37.8. The van der Waals surface area contributed by atoms with Crippen molar-refractivity contribution in [1.29, 1.82) is 0 Å². The number of nitrogen functional groups attached to an aromatic ring is 1. The van der Waals surface area contributed by atoms with E-state index in [1.807, 2.05) is 43.0 Å². The fourth-order valence-corrected chi connectivity index (χ4v) is 8.71. The lowest BCUT2D eigenvalue weighted by atomic mass is 9.87. The normalized spacial score (nSPS) is 23.3. The van der Waals surface area contributed by atoms with Gasteiger partial charge in [-0.2, -0.15) is 4.98 Å². The van der Waals surface area contributed by atoms with Crippen molar-refractivity contribution in [3.8, 4) is 11.5 Å². The number of benzene rings is 2. The van der Waals surface area contributed by atoms with Gasteiger partial charge in [0.25, 0.3) is 17.4 Å². The molecular weight excluding hydrogens is 875 g/mol. The van der Waals surface area contributed by atoms with Crippen LogP contribution < -0.4 is 22.3 Å². The number of nitrogens with zero attached hydrogens (tertiary/aromatic N) is 4. The maximum absolute atomic E-state index is 13.5. The first-order valence-corrected chi connectivity index (χ1v) is 22.6. The number of methoxy groups -OCH3 is 2. The summed E-state index contributed by atoms with van der Waals surface area (Å²) >= 11 is 0. The van der Waals surface area contributed by atoms with E-state index < -0.39 is 42.3 Å². The summed E-state index contributed by atoms with van der Waals surface area (Å²) in [6.07, 6.45) is 7.22. The number of rotatable bonds is 10. The van der Waals surface area contributed by atoms with Crippen molar-refractivity contribution in [2.75, 3.05) is 58.0 Å². The van der Waals surface area contributed by atoms with E-state index in [9.17, 15) is 34.5 Å². The molecular formula is C49H63N9O10. The van der Waals surface area contributed by atoms with Crippen LogP contribution in [0, 0.1) is 11.8 Å². The number of nitrogens with one attached hydrogen (secondary N) is 3. The van der Waals surface area contributed by atoms with Crippen LogP contribution >= 0.6 is 0 Å². The van der Waals surface area contributed by atoms with Gasteiger partial charge in [-0.3, -0.25) is 29.3 Å². The summed E-state index contributed by atoms with van der Waals surface area (Å²) in [5.41, 5.74) is 14.9. The number of aliphatic hydroxyl groups is 1. The van der Waals surface area contributed by atoms with Crippen molar-refractivity contribution >= 4 is 52.5 Å². The zero-order valence-electron chi connectivity index (χ0n) is 39.3. The number of phenolic OH excluding ortho intramolecular Hbond substituents is 2. The molecule has 4 heterocycles. The van der Waals surface area contributed by atoms with Gasteiger partial charge in [0.2, 0.25) is 5.95 Å². The Balaban J connectivity index is 1.13. The van der Waals surface area contributed by atoms with Crippen LogP contribution in [0.15, 0.2) is 81.8 Å². The molecule has 2 aromatic heterocycles. The van der Waals surface area contributed by atoms with Gasteiger partial charge in [-0.05, 0) is 74.3 Å². The molecule has 0 spiro atoms. The maximum atomic E-state index is 13.5. The number of aromatic hydroxyl groups is 2. The molecule has 68 heavy (non-hydrogen) atoms. The zero-order chi connectivity index (χ0) is 49.2. The van der Waals surface area contributed by atoms with Crippen LogP contribution in [0.1, 0.15) is 61.2 Å². The summed E-state index contributed by atoms with van der Waals surface area (Å²) in [7, 11) is 2.93. The molecule has 6 rings (SSSR count). The van der Waals surface area contributed by atoms with Gasteiger partial charge < -0.3 is 56.2 Å². The number of carbonyl (C=O) groups excluding carboxylic acids is 3. The number of allylic oxidation sites excluding steroid dienone is 2. The Morgan fingerprint density at radius 2 is 1.75 bits per heavy atom.